The highest BCUT2D eigenvalue weighted by Gasteiger charge is 2.23. The smallest absolute Gasteiger partial charge is 0.293 e. The molecule has 1 heterocycles. The lowest BCUT2D eigenvalue weighted by Crippen LogP contribution is -2.44. The third-order valence-electron chi connectivity index (χ3n) is 5.92. The van der Waals surface area contributed by atoms with Crippen LogP contribution in [-0.2, 0) is 13.1 Å². The Balaban J connectivity index is 2.62. The topological polar surface area (TPSA) is 44.0 Å². The minimum Gasteiger partial charge on any atom is -0.293 e. The van der Waals surface area contributed by atoms with E-state index < -0.39 is 0 Å². The molecule has 0 bridgehead atoms. The van der Waals surface area contributed by atoms with Gasteiger partial charge in [0.2, 0.25) is 0 Å². The second-order valence-corrected chi connectivity index (χ2v) is 8.77. The number of hydrogen-bond acceptors (Lipinski definition) is 2. The molecule has 1 aromatic carbocycles. The van der Waals surface area contributed by atoms with Crippen LogP contribution in [0.25, 0.3) is 5.57 Å². The largest absolute Gasteiger partial charge is 0.331 e. The van der Waals surface area contributed by atoms with Crippen molar-refractivity contribution in [3.8, 4) is 0 Å². The summed E-state index contributed by atoms with van der Waals surface area (Å²) < 4.78 is 3.31. The van der Waals surface area contributed by atoms with E-state index in [1.54, 1.807) is 0 Å². The van der Waals surface area contributed by atoms with Gasteiger partial charge < -0.3 is 0 Å². The van der Waals surface area contributed by atoms with Crippen molar-refractivity contribution in [3.63, 3.8) is 0 Å². The van der Waals surface area contributed by atoms with Gasteiger partial charge in [-0.25, -0.2) is 4.79 Å². The molecular formula is C27H40N2O2. The molecule has 0 aliphatic rings. The second-order valence-electron chi connectivity index (χ2n) is 8.77. The molecule has 4 nitrogen and oxygen atoms in total. The van der Waals surface area contributed by atoms with Crippen molar-refractivity contribution < 1.29 is 0 Å². The molecule has 0 amide bonds. The van der Waals surface area contributed by atoms with Crippen LogP contribution in [0, 0.1) is 0 Å². The monoisotopic (exact) mass is 424 g/mol. The van der Waals surface area contributed by atoms with Crippen molar-refractivity contribution in [3.05, 3.63) is 74.6 Å². The van der Waals surface area contributed by atoms with E-state index in [1.165, 1.54) is 4.57 Å². The molecule has 0 radical (unpaired) electrons. The number of aromatic nitrogens is 2. The zero-order valence-electron chi connectivity index (χ0n) is 20.0. The molecule has 0 saturated heterocycles. The van der Waals surface area contributed by atoms with Crippen LogP contribution in [-0.4, -0.2) is 9.13 Å². The average molecular weight is 425 g/mol. The summed E-state index contributed by atoms with van der Waals surface area (Å²) in [5.74, 6) is 0.00680. The molecule has 0 spiro atoms. The number of nitrogens with zero attached hydrogens (tertiary/aromatic N) is 2. The van der Waals surface area contributed by atoms with Crippen LogP contribution in [0.4, 0.5) is 0 Å². The van der Waals surface area contributed by atoms with Crippen LogP contribution >= 0.6 is 0 Å². The maximum absolute atomic E-state index is 13.5. The first-order valence-electron chi connectivity index (χ1n) is 12.1. The highest BCUT2D eigenvalue weighted by Crippen LogP contribution is 2.27. The van der Waals surface area contributed by atoms with Gasteiger partial charge in [0, 0.05) is 18.7 Å². The molecule has 2 aromatic rings. The van der Waals surface area contributed by atoms with Gasteiger partial charge in [-0.1, -0.05) is 103 Å². The molecule has 31 heavy (non-hydrogen) atoms. The van der Waals surface area contributed by atoms with Gasteiger partial charge in [-0.15, -0.1) is 0 Å². The van der Waals surface area contributed by atoms with Crippen LogP contribution in [0.5, 0.6) is 0 Å². The molecule has 2 rings (SSSR count). The zero-order valence-corrected chi connectivity index (χ0v) is 20.0. The maximum Gasteiger partial charge on any atom is 0.331 e. The van der Waals surface area contributed by atoms with E-state index in [4.69, 9.17) is 0 Å². The summed E-state index contributed by atoms with van der Waals surface area (Å²) in [5, 5.41) is 0. The van der Waals surface area contributed by atoms with Crippen LogP contribution in [0.1, 0.15) is 102 Å². The van der Waals surface area contributed by atoms with E-state index in [1.807, 2.05) is 48.7 Å². The predicted molar refractivity (Wildman–Crippen MR) is 132 cm³/mol. The number of rotatable bonds is 13. The van der Waals surface area contributed by atoms with Crippen molar-refractivity contribution in [1.82, 2.24) is 9.13 Å². The first-order chi connectivity index (χ1) is 14.9. The minimum atomic E-state index is -0.186. The van der Waals surface area contributed by atoms with Gasteiger partial charge >= 0.3 is 5.69 Å². The summed E-state index contributed by atoms with van der Waals surface area (Å²) in [6, 6.07) is 9.89. The Labute approximate surface area is 187 Å². The van der Waals surface area contributed by atoms with Gasteiger partial charge in [-0.05, 0) is 29.9 Å². The summed E-state index contributed by atoms with van der Waals surface area (Å²) in [6.07, 6.45) is 8.44. The predicted octanol–water partition coefficient (Wildman–Crippen LogP) is 6.36. The molecule has 0 N–H and O–H groups in total. The average Bonchev–Trinajstić information content (AvgIpc) is 2.76. The molecule has 0 aliphatic carbocycles. The van der Waals surface area contributed by atoms with E-state index in [-0.39, 0.29) is 17.2 Å². The molecule has 0 fully saturated rings. The van der Waals surface area contributed by atoms with E-state index in [2.05, 4.69) is 20.4 Å². The Morgan fingerprint density at radius 3 is 1.90 bits per heavy atom. The summed E-state index contributed by atoms with van der Waals surface area (Å²) >= 11 is 0. The lowest BCUT2D eigenvalue weighted by molar-refractivity contribution is 0.485. The van der Waals surface area contributed by atoms with Crippen molar-refractivity contribution in [2.24, 2.45) is 0 Å². The highest BCUT2D eigenvalue weighted by atomic mass is 16.2. The lowest BCUT2D eigenvalue weighted by atomic mass is 9.94. The first kappa shape index (κ1) is 24.9. The van der Waals surface area contributed by atoms with Gasteiger partial charge in [-0.3, -0.25) is 13.9 Å². The number of unbranched alkanes of at least 4 members (excludes halogenated alkanes) is 6. The third kappa shape index (κ3) is 6.32. The Hall–Kier alpha value is -2.36. The van der Waals surface area contributed by atoms with Crippen molar-refractivity contribution in [1.29, 1.82) is 0 Å². The molecule has 170 valence electrons. The molecule has 4 heteroatoms. The Kier molecular flexibility index (Phi) is 10.0. The van der Waals surface area contributed by atoms with Gasteiger partial charge in [0.1, 0.15) is 0 Å². The second kappa shape index (κ2) is 12.5. The molecule has 0 aliphatic heterocycles. The number of benzene rings is 1. The first-order valence-corrected chi connectivity index (χ1v) is 12.1. The summed E-state index contributed by atoms with van der Waals surface area (Å²) in [4.78, 5) is 27.0. The van der Waals surface area contributed by atoms with E-state index in [9.17, 15) is 9.59 Å². The normalized spacial score (nSPS) is 11.3. The molecule has 0 saturated carbocycles. The van der Waals surface area contributed by atoms with E-state index in [0.717, 1.165) is 68.2 Å². The Morgan fingerprint density at radius 1 is 0.839 bits per heavy atom. The van der Waals surface area contributed by atoms with E-state index in [0.29, 0.717) is 18.7 Å². The summed E-state index contributed by atoms with van der Waals surface area (Å²) in [6.45, 7) is 13.9. The number of hydrogen-bond donors (Lipinski definition) is 0. The SMILES string of the molecule is C=C(c1ccccc1)c1c(C(C)C)c(=O)n(CCCCCC)c(=O)n1CCCCCC. The third-order valence-corrected chi connectivity index (χ3v) is 5.92. The minimum absolute atomic E-state index is 0.00680. The molecular weight excluding hydrogens is 384 g/mol. The van der Waals surface area contributed by atoms with Gasteiger partial charge in [0.15, 0.2) is 0 Å². The van der Waals surface area contributed by atoms with Crippen LogP contribution in [0.15, 0.2) is 46.5 Å². The maximum atomic E-state index is 13.5. The van der Waals surface area contributed by atoms with Crippen molar-refractivity contribution in [2.75, 3.05) is 0 Å². The van der Waals surface area contributed by atoms with Gasteiger partial charge in [-0.2, -0.15) is 0 Å². The summed E-state index contributed by atoms with van der Waals surface area (Å²) in [7, 11) is 0. The van der Waals surface area contributed by atoms with E-state index >= 15 is 0 Å². The lowest BCUT2D eigenvalue weighted by Gasteiger charge is -2.23. The Bertz CT molecular complexity index is 952. The van der Waals surface area contributed by atoms with Gasteiger partial charge in [0.05, 0.1) is 5.69 Å². The van der Waals surface area contributed by atoms with Crippen molar-refractivity contribution >= 4 is 5.57 Å². The molecule has 0 unspecified atom stereocenters. The zero-order chi connectivity index (χ0) is 22.8. The fourth-order valence-corrected chi connectivity index (χ4v) is 4.14. The van der Waals surface area contributed by atoms with Crippen LogP contribution in [0.2, 0.25) is 0 Å². The van der Waals surface area contributed by atoms with Crippen LogP contribution in [0.3, 0.4) is 0 Å². The van der Waals surface area contributed by atoms with Crippen LogP contribution < -0.4 is 11.2 Å². The fourth-order valence-electron chi connectivity index (χ4n) is 4.14. The Morgan fingerprint density at radius 2 is 1.39 bits per heavy atom. The van der Waals surface area contributed by atoms with Crippen molar-refractivity contribution in [2.45, 2.75) is 98.1 Å². The molecule has 1 aromatic heterocycles. The quantitative estimate of drug-likeness (QED) is 0.351. The molecule has 0 atom stereocenters. The summed E-state index contributed by atoms with van der Waals surface area (Å²) in [5.41, 5.74) is 2.80. The standard InChI is InChI=1S/C27H40N2O2/c1-6-8-10-15-19-28-25(22(5)23-17-13-12-14-18-23)24(21(3)4)26(30)29(27(28)31)20-16-11-9-7-2/h12-14,17-18,21H,5-11,15-16,19-20H2,1-4H3. The van der Waals surface area contributed by atoms with Gasteiger partial charge in [0.25, 0.3) is 5.56 Å². The highest BCUT2D eigenvalue weighted by molar-refractivity contribution is 5.78. The fraction of sp³-hybridized carbons (Fsp3) is 0.556.